The van der Waals surface area contributed by atoms with Crippen LogP contribution < -0.4 is 16.2 Å². The molecule has 0 aromatic heterocycles. The van der Waals surface area contributed by atoms with Crippen molar-refractivity contribution in [2.24, 2.45) is 5.73 Å². The van der Waals surface area contributed by atoms with Crippen LogP contribution in [0.3, 0.4) is 0 Å². The summed E-state index contributed by atoms with van der Waals surface area (Å²) in [6.07, 6.45) is 0. The van der Waals surface area contributed by atoms with Crippen LogP contribution in [0, 0.1) is 12.3 Å². The van der Waals surface area contributed by atoms with Gasteiger partial charge in [0.15, 0.2) is 0 Å². The van der Waals surface area contributed by atoms with Crippen molar-refractivity contribution in [1.29, 1.82) is 5.41 Å². The maximum absolute atomic E-state index is 12.0. The lowest BCUT2D eigenvalue weighted by Crippen LogP contribution is -2.12. The fourth-order valence-corrected chi connectivity index (χ4v) is 1.71. The summed E-state index contributed by atoms with van der Waals surface area (Å²) in [6, 6.07) is 11.6. The van der Waals surface area contributed by atoms with Crippen molar-refractivity contribution >= 4 is 29.9 Å². The average molecular weight is 306 g/mol. The maximum Gasteiger partial charge on any atom is 0.345 e. The van der Waals surface area contributed by atoms with Crippen molar-refractivity contribution < 1.29 is 9.53 Å². The lowest BCUT2D eigenvalue weighted by atomic mass is 10.1. The largest absolute Gasteiger partial charge is 0.423 e. The summed E-state index contributed by atoms with van der Waals surface area (Å²) in [5.41, 5.74) is 13.3. The minimum Gasteiger partial charge on any atom is -0.423 e. The Labute approximate surface area is 128 Å². The molecule has 0 fully saturated rings. The number of nitrogens with two attached hydrogens (primary N) is 2. The Hall–Kier alpha value is -2.53. The smallest absolute Gasteiger partial charge is 0.345 e. The highest BCUT2D eigenvalue weighted by atomic mass is 35.5. The first-order chi connectivity index (χ1) is 9.47. The van der Waals surface area contributed by atoms with E-state index in [2.05, 4.69) is 0 Å². The van der Waals surface area contributed by atoms with Gasteiger partial charge in [-0.05, 0) is 43.3 Å². The van der Waals surface area contributed by atoms with E-state index in [1.165, 1.54) is 0 Å². The summed E-state index contributed by atoms with van der Waals surface area (Å²) < 4.78 is 5.24. The molecule has 0 aliphatic carbocycles. The molecule has 2 aromatic carbocycles. The second-order valence-electron chi connectivity index (χ2n) is 4.42. The Morgan fingerprint density at radius 1 is 1.14 bits per heavy atom. The molecule has 5 nitrogen and oxygen atoms in total. The van der Waals surface area contributed by atoms with Crippen molar-refractivity contribution in [3.05, 3.63) is 59.2 Å². The zero-order valence-corrected chi connectivity index (χ0v) is 12.2. The number of benzene rings is 2. The highest BCUT2D eigenvalue weighted by Crippen LogP contribution is 2.18. The van der Waals surface area contributed by atoms with Gasteiger partial charge in [0.1, 0.15) is 11.6 Å². The van der Waals surface area contributed by atoms with Gasteiger partial charge in [-0.25, -0.2) is 4.79 Å². The summed E-state index contributed by atoms with van der Waals surface area (Å²) in [6.45, 7) is 1.87. The standard InChI is InChI=1S/C15H15N3O2.ClH/c1-9-2-7-13(16)12(8-9)15(19)20-11-5-3-10(4-6-11)14(17)18;/h2-8H,16H2,1H3,(H3,17,18);1H. The van der Waals surface area contributed by atoms with Crippen LogP contribution in [0.15, 0.2) is 42.5 Å². The topological polar surface area (TPSA) is 102 Å². The second kappa shape index (κ2) is 6.76. The Bertz CT molecular complexity index is 669. The summed E-state index contributed by atoms with van der Waals surface area (Å²) in [5.74, 6) is -0.173. The molecule has 0 bridgehead atoms. The molecule has 0 saturated heterocycles. The van der Waals surface area contributed by atoms with Crippen LogP contribution in [0.25, 0.3) is 0 Å². The second-order valence-corrected chi connectivity index (χ2v) is 4.42. The highest BCUT2D eigenvalue weighted by Gasteiger charge is 2.12. The number of hydrogen-bond donors (Lipinski definition) is 3. The van der Waals surface area contributed by atoms with Crippen LogP contribution in [0.1, 0.15) is 21.5 Å². The number of rotatable bonds is 3. The quantitative estimate of drug-likeness (QED) is 0.266. The van der Waals surface area contributed by atoms with E-state index >= 15 is 0 Å². The molecular weight excluding hydrogens is 290 g/mol. The molecular formula is C15H16ClN3O2. The minimum absolute atomic E-state index is 0. The van der Waals surface area contributed by atoms with Gasteiger partial charge in [0, 0.05) is 11.3 Å². The first-order valence-corrected chi connectivity index (χ1v) is 6.00. The third-order valence-electron chi connectivity index (χ3n) is 2.80. The molecule has 5 N–H and O–H groups in total. The Balaban J connectivity index is 0.00000220. The minimum atomic E-state index is -0.512. The van der Waals surface area contributed by atoms with E-state index in [0.717, 1.165) is 5.56 Å². The van der Waals surface area contributed by atoms with Crippen LogP contribution in [0.4, 0.5) is 5.69 Å². The van der Waals surface area contributed by atoms with Gasteiger partial charge >= 0.3 is 5.97 Å². The van der Waals surface area contributed by atoms with Gasteiger partial charge in [-0.15, -0.1) is 12.4 Å². The number of carbonyl (C=O) groups excluding carboxylic acids is 1. The fourth-order valence-electron chi connectivity index (χ4n) is 1.71. The number of ether oxygens (including phenoxy) is 1. The Kier molecular flexibility index (Phi) is 5.32. The molecule has 0 atom stereocenters. The molecule has 0 aliphatic rings. The summed E-state index contributed by atoms with van der Waals surface area (Å²) in [7, 11) is 0. The van der Waals surface area contributed by atoms with E-state index in [9.17, 15) is 4.79 Å². The average Bonchev–Trinajstić information content (AvgIpc) is 2.42. The van der Waals surface area contributed by atoms with Crippen LogP contribution in [-0.2, 0) is 0 Å². The molecule has 6 heteroatoms. The van der Waals surface area contributed by atoms with Crippen molar-refractivity contribution in [2.45, 2.75) is 6.92 Å². The molecule has 0 spiro atoms. The number of esters is 1. The number of nitrogens with one attached hydrogen (secondary N) is 1. The number of nitrogen functional groups attached to an aromatic ring is 2. The van der Waals surface area contributed by atoms with Crippen LogP contribution in [0.2, 0.25) is 0 Å². The van der Waals surface area contributed by atoms with E-state index in [4.69, 9.17) is 21.6 Å². The molecule has 0 radical (unpaired) electrons. The molecule has 0 heterocycles. The third kappa shape index (κ3) is 3.97. The lowest BCUT2D eigenvalue weighted by molar-refractivity contribution is 0.0736. The molecule has 2 rings (SSSR count). The molecule has 21 heavy (non-hydrogen) atoms. The zero-order chi connectivity index (χ0) is 14.7. The molecule has 0 unspecified atom stereocenters. The van der Waals surface area contributed by atoms with Gasteiger partial charge in [-0.2, -0.15) is 0 Å². The van der Waals surface area contributed by atoms with Crippen LogP contribution >= 0.6 is 12.4 Å². The van der Waals surface area contributed by atoms with E-state index in [1.54, 1.807) is 36.4 Å². The molecule has 0 aliphatic heterocycles. The van der Waals surface area contributed by atoms with Crippen molar-refractivity contribution in [2.75, 3.05) is 5.73 Å². The first-order valence-electron chi connectivity index (χ1n) is 6.00. The third-order valence-corrected chi connectivity index (χ3v) is 2.80. The predicted molar refractivity (Wildman–Crippen MR) is 85.3 cm³/mol. The van der Waals surface area contributed by atoms with Gasteiger partial charge in [-0.1, -0.05) is 11.6 Å². The van der Waals surface area contributed by atoms with E-state index in [1.807, 2.05) is 13.0 Å². The zero-order valence-electron chi connectivity index (χ0n) is 11.4. The Morgan fingerprint density at radius 2 is 1.76 bits per heavy atom. The van der Waals surface area contributed by atoms with E-state index in [-0.39, 0.29) is 18.2 Å². The van der Waals surface area contributed by atoms with E-state index in [0.29, 0.717) is 22.6 Å². The molecule has 0 saturated carbocycles. The number of carbonyl (C=O) groups is 1. The number of hydrogen-bond acceptors (Lipinski definition) is 4. The molecule has 2 aromatic rings. The number of halogens is 1. The van der Waals surface area contributed by atoms with Gasteiger partial charge in [0.25, 0.3) is 0 Å². The molecule has 0 amide bonds. The van der Waals surface area contributed by atoms with Gasteiger partial charge in [0.2, 0.25) is 0 Å². The summed E-state index contributed by atoms with van der Waals surface area (Å²) in [5, 5.41) is 7.29. The Morgan fingerprint density at radius 3 is 2.33 bits per heavy atom. The van der Waals surface area contributed by atoms with E-state index < -0.39 is 5.97 Å². The summed E-state index contributed by atoms with van der Waals surface area (Å²) in [4.78, 5) is 12.0. The van der Waals surface area contributed by atoms with Crippen LogP contribution in [-0.4, -0.2) is 11.8 Å². The number of anilines is 1. The highest BCUT2D eigenvalue weighted by molar-refractivity contribution is 5.97. The lowest BCUT2D eigenvalue weighted by Gasteiger charge is -2.08. The SMILES string of the molecule is Cc1ccc(N)c(C(=O)Oc2ccc(C(=N)N)cc2)c1.Cl. The van der Waals surface area contributed by atoms with Gasteiger partial charge in [-0.3, -0.25) is 5.41 Å². The van der Waals surface area contributed by atoms with Crippen molar-refractivity contribution in [3.8, 4) is 5.75 Å². The fraction of sp³-hybridized carbons (Fsp3) is 0.0667. The normalized spacial score (nSPS) is 9.57. The van der Waals surface area contributed by atoms with Crippen LogP contribution in [0.5, 0.6) is 5.75 Å². The first kappa shape index (κ1) is 16.5. The number of amidine groups is 1. The predicted octanol–water partition coefficient (Wildman–Crippen LogP) is 2.50. The maximum atomic E-state index is 12.0. The monoisotopic (exact) mass is 305 g/mol. The number of aryl methyl sites for hydroxylation is 1. The van der Waals surface area contributed by atoms with Gasteiger partial charge < -0.3 is 16.2 Å². The molecule has 110 valence electrons. The van der Waals surface area contributed by atoms with Crippen molar-refractivity contribution in [1.82, 2.24) is 0 Å². The summed E-state index contributed by atoms with van der Waals surface area (Å²) >= 11 is 0. The van der Waals surface area contributed by atoms with Gasteiger partial charge in [0.05, 0.1) is 5.56 Å². The van der Waals surface area contributed by atoms with Crippen molar-refractivity contribution in [3.63, 3.8) is 0 Å².